The van der Waals surface area contributed by atoms with Crippen molar-refractivity contribution in [2.24, 2.45) is 0 Å². The van der Waals surface area contributed by atoms with Crippen LogP contribution in [0.5, 0.6) is 0 Å². The molecule has 1 aliphatic rings. The molecule has 0 bridgehead atoms. The number of rotatable bonds is 3. The summed E-state index contributed by atoms with van der Waals surface area (Å²) in [5.74, 6) is -0.0150. The number of likely N-dealkylation sites (N-methyl/N-ethyl adjacent to an activating group) is 1. The summed E-state index contributed by atoms with van der Waals surface area (Å²) in [7, 11) is 1.96. The van der Waals surface area contributed by atoms with Gasteiger partial charge in [-0.15, -0.1) is 0 Å². The van der Waals surface area contributed by atoms with Gasteiger partial charge in [-0.2, -0.15) is 0 Å². The van der Waals surface area contributed by atoms with E-state index in [-0.39, 0.29) is 11.8 Å². The molecule has 1 heterocycles. The van der Waals surface area contributed by atoms with E-state index in [4.69, 9.17) is 0 Å². The Morgan fingerprint density at radius 1 is 1.53 bits per heavy atom. The highest BCUT2D eigenvalue weighted by molar-refractivity contribution is 5.94. The Morgan fingerprint density at radius 2 is 2.29 bits per heavy atom. The van der Waals surface area contributed by atoms with Gasteiger partial charge >= 0.3 is 0 Å². The molecule has 3 heteroatoms. The summed E-state index contributed by atoms with van der Waals surface area (Å²) in [5, 5.41) is 0. The summed E-state index contributed by atoms with van der Waals surface area (Å²) >= 11 is 0. The second-order valence-corrected chi connectivity index (χ2v) is 4.77. The summed E-state index contributed by atoms with van der Waals surface area (Å²) in [6.07, 6.45) is 0.942. The van der Waals surface area contributed by atoms with Crippen molar-refractivity contribution in [3.05, 3.63) is 35.4 Å². The normalized spacial score (nSPS) is 22.6. The molecular formula is C14H18FNO. The van der Waals surface area contributed by atoms with Gasteiger partial charge < -0.3 is 4.90 Å². The molecule has 2 unspecified atom stereocenters. The average Bonchev–Trinajstić information content (AvgIpc) is 2.74. The molecule has 1 saturated heterocycles. The summed E-state index contributed by atoms with van der Waals surface area (Å²) in [6.45, 7) is 2.46. The Hall–Kier alpha value is -1.22. The molecule has 1 aromatic carbocycles. The van der Waals surface area contributed by atoms with Gasteiger partial charge in [0.1, 0.15) is 6.17 Å². The summed E-state index contributed by atoms with van der Waals surface area (Å²) < 4.78 is 14.4. The van der Waals surface area contributed by atoms with Gasteiger partial charge in [0, 0.05) is 11.6 Å². The molecule has 0 aromatic heterocycles. The maximum absolute atomic E-state index is 14.4. The highest BCUT2D eigenvalue weighted by Crippen LogP contribution is 2.31. The number of carbonyl (C=O) groups is 1. The fourth-order valence-electron chi connectivity index (χ4n) is 2.46. The van der Waals surface area contributed by atoms with Crippen molar-refractivity contribution in [2.75, 3.05) is 13.6 Å². The van der Waals surface area contributed by atoms with Gasteiger partial charge in [-0.3, -0.25) is 4.79 Å². The van der Waals surface area contributed by atoms with Crippen LogP contribution in [0.4, 0.5) is 4.39 Å². The van der Waals surface area contributed by atoms with Crippen LogP contribution >= 0.6 is 0 Å². The molecule has 1 fully saturated rings. The molecule has 2 rings (SSSR count). The Kier molecular flexibility index (Phi) is 3.57. The van der Waals surface area contributed by atoms with E-state index in [1.165, 1.54) is 6.92 Å². The lowest BCUT2D eigenvalue weighted by Crippen LogP contribution is -2.29. The highest BCUT2D eigenvalue weighted by Gasteiger charge is 2.30. The minimum Gasteiger partial charge on any atom is -0.300 e. The van der Waals surface area contributed by atoms with Gasteiger partial charge in [0.2, 0.25) is 0 Å². The maximum atomic E-state index is 14.4. The highest BCUT2D eigenvalue weighted by atomic mass is 19.1. The Morgan fingerprint density at radius 3 is 2.88 bits per heavy atom. The molecule has 0 radical (unpaired) electrons. The Bertz CT molecular complexity index is 418. The molecule has 1 aliphatic heterocycles. The molecule has 2 nitrogen and oxygen atoms in total. The Balaban J connectivity index is 2.21. The van der Waals surface area contributed by atoms with Crippen LogP contribution in [0.2, 0.25) is 0 Å². The van der Waals surface area contributed by atoms with E-state index in [0.717, 1.165) is 19.4 Å². The number of Topliss-reactive ketones (excluding diaryl/α,β-unsaturated/α-hetero) is 1. The van der Waals surface area contributed by atoms with Gasteiger partial charge in [0.25, 0.3) is 0 Å². The predicted octanol–water partition coefficient (Wildman–Crippen LogP) is 2.99. The minimum atomic E-state index is -0.998. The van der Waals surface area contributed by atoms with E-state index in [1.807, 2.05) is 7.05 Å². The summed E-state index contributed by atoms with van der Waals surface area (Å²) in [6, 6.07) is 6.89. The van der Waals surface area contributed by atoms with E-state index < -0.39 is 6.17 Å². The van der Waals surface area contributed by atoms with E-state index in [0.29, 0.717) is 11.1 Å². The smallest absolute Gasteiger partial charge is 0.159 e. The predicted molar refractivity (Wildman–Crippen MR) is 65.9 cm³/mol. The van der Waals surface area contributed by atoms with Crippen LogP contribution in [0.15, 0.2) is 24.3 Å². The number of carbonyl (C=O) groups excluding carboxylic acids is 1. The SMILES string of the molecule is CC(=O)c1cccc(C(F)C2CCCN2C)c1. The first-order chi connectivity index (χ1) is 8.09. The second kappa shape index (κ2) is 4.96. The zero-order chi connectivity index (χ0) is 12.4. The number of hydrogen-bond donors (Lipinski definition) is 0. The van der Waals surface area contributed by atoms with Crippen molar-refractivity contribution >= 4 is 5.78 Å². The largest absolute Gasteiger partial charge is 0.300 e. The second-order valence-electron chi connectivity index (χ2n) is 4.77. The molecule has 0 aliphatic carbocycles. The number of alkyl halides is 1. The first-order valence-corrected chi connectivity index (χ1v) is 6.05. The van der Waals surface area contributed by atoms with Crippen LogP contribution in [0.1, 0.15) is 41.9 Å². The van der Waals surface area contributed by atoms with E-state index in [2.05, 4.69) is 4.90 Å². The zero-order valence-corrected chi connectivity index (χ0v) is 10.3. The van der Waals surface area contributed by atoms with Gasteiger partial charge in [-0.25, -0.2) is 4.39 Å². The topological polar surface area (TPSA) is 20.3 Å². The quantitative estimate of drug-likeness (QED) is 0.751. The molecule has 1 aromatic rings. The van der Waals surface area contributed by atoms with Crippen molar-refractivity contribution in [1.29, 1.82) is 0 Å². The first-order valence-electron chi connectivity index (χ1n) is 6.05. The van der Waals surface area contributed by atoms with Gasteiger partial charge in [-0.05, 0) is 45.0 Å². The standard InChI is InChI=1S/C14H18FNO/c1-10(17)11-5-3-6-12(9-11)14(15)13-7-4-8-16(13)2/h3,5-6,9,13-14H,4,7-8H2,1-2H3. The fourth-order valence-corrected chi connectivity index (χ4v) is 2.46. The summed E-state index contributed by atoms with van der Waals surface area (Å²) in [4.78, 5) is 13.3. The minimum absolute atomic E-state index is 0.0150. The van der Waals surface area contributed by atoms with Gasteiger partial charge in [0.05, 0.1) is 0 Å². The number of halogens is 1. The number of hydrogen-bond acceptors (Lipinski definition) is 2. The van der Waals surface area contributed by atoms with Gasteiger partial charge in [-0.1, -0.05) is 18.2 Å². The molecule has 0 amide bonds. The van der Waals surface area contributed by atoms with Crippen LogP contribution in [-0.4, -0.2) is 30.3 Å². The number of likely N-dealkylation sites (tertiary alicyclic amines) is 1. The van der Waals surface area contributed by atoms with E-state index in [1.54, 1.807) is 24.3 Å². The third-order valence-corrected chi connectivity index (χ3v) is 3.53. The molecule has 0 N–H and O–H groups in total. The fraction of sp³-hybridized carbons (Fsp3) is 0.500. The lowest BCUT2D eigenvalue weighted by molar-refractivity contribution is 0.101. The number of ketones is 1. The van der Waals surface area contributed by atoms with Crippen LogP contribution in [0.3, 0.4) is 0 Å². The molecule has 0 spiro atoms. The van der Waals surface area contributed by atoms with Crippen molar-refractivity contribution < 1.29 is 9.18 Å². The monoisotopic (exact) mass is 235 g/mol. The molecule has 92 valence electrons. The third-order valence-electron chi connectivity index (χ3n) is 3.53. The Labute approximate surface area is 101 Å². The molecule has 0 saturated carbocycles. The first kappa shape index (κ1) is 12.2. The van der Waals surface area contributed by atoms with Crippen LogP contribution in [-0.2, 0) is 0 Å². The third kappa shape index (κ3) is 2.55. The maximum Gasteiger partial charge on any atom is 0.159 e. The van der Waals surface area contributed by atoms with E-state index in [9.17, 15) is 9.18 Å². The van der Waals surface area contributed by atoms with Crippen LogP contribution in [0, 0.1) is 0 Å². The summed E-state index contributed by atoms with van der Waals surface area (Å²) in [5.41, 5.74) is 1.21. The van der Waals surface area contributed by atoms with Crippen molar-refractivity contribution in [1.82, 2.24) is 4.90 Å². The molecular weight excluding hydrogens is 217 g/mol. The molecule has 17 heavy (non-hydrogen) atoms. The average molecular weight is 235 g/mol. The van der Waals surface area contributed by atoms with E-state index >= 15 is 0 Å². The van der Waals surface area contributed by atoms with Crippen molar-refractivity contribution in [2.45, 2.75) is 32.0 Å². The zero-order valence-electron chi connectivity index (χ0n) is 10.3. The van der Waals surface area contributed by atoms with Crippen LogP contribution in [0.25, 0.3) is 0 Å². The number of nitrogens with zero attached hydrogens (tertiary/aromatic N) is 1. The van der Waals surface area contributed by atoms with Crippen molar-refractivity contribution in [3.63, 3.8) is 0 Å². The lowest BCUT2D eigenvalue weighted by Gasteiger charge is -2.23. The van der Waals surface area contributed by atoms with Gasteiger partial charge in [0.15, 0.2) is 5.78 Å². The van der Waals surface area contributed by atoms with Crippen molar-refractivity contribution in [3.8, 4) is 0 Å². The lowest BCUT2D eigenvalue weighted by atomic mass is 9.99. The molecule has 2 atom stereocenters. The van der Waals surface area contributed by atoms with Crippen LogP contribution < -0.4 is 0 Å². The number of benzene rings is 1.